The standard InChI is InChI=1S/C12H15F2NO4S/c1-2-8(11(16)17)7-15-9-3-5-10(6-4-9)20(18,19)12(13)14/h3-6,8,12,15H,2,7H2,1H3,(H,16,17). The minimum atomic E-state index is -4.60. The SMILES string of the molecule is CCC(CNc1ccc(S(=O)(=O)C(F)F)cc1)C(=O)O. The summed E-state index contributed by atoms with van der Waals surface area (Å²) in [7, 11) is -4.60. The van der Waals surface area contributed by atoms with Gasteiger partial charge in [0.25, 0.3) is 0 Å². The number of hydrogen-bond donors (Lipinski definition) is 2. The molecule has 0 spiro atoms. The van der Waals surface area contributed by atoms with Gasteiger partial charge in [-0.15, -0.1) is 0 Å². The van der Waals surface area contributed by atoms with Gasteiger partial charge >= 0.3 is 11.7 Å². The van der Waals surface area contributed by atoms with E-state index in [4.69, 9.17) is 5.11 Å². The lowest BCUT2D eigenvalue weighted by Crippen LogP contribution is -2.22. The highest BCUT2D eigenvalue weighted by molar-refractivity contribution is 7.91. The van der Waals surface area contributed by atoms with Gasteiger partial charge in [-0.25, -0.2) is 8.42 Å². The summed E-state index contributed by atoms with van der Waals surface area (Å²) in [5.74, 6) is -4.96. The van der Waals surface area contributed by atoms with Crippen LogP contribution in [-0.4, -0.2) is 31.8 Å². The molecule has 5 nitrogen and oxygen atoms in total. The molecular formula is C12H15F2NO4S. The maximum Gasteiger partial charge on any atom is 0.341 e. The molecule has 0 saturated carbocycles. The highest BCUT2D eigenvalue weighted by Crippen LogP contribution is 2.20. The van der Waals surface area contributed by atoms with Crippen molar-refractivity contribution in [2.45, 2.75) is 24.0 Å². The Labute approximate surface area is 115 Å². The Morgan fingerprint density at radius 2 is 1.85 bits per heavy atom. The second kappa shape index (κ2) is 6.65. The molecule has 0 heterocycles. The molecule has 0 amide bonds. The molecule has 8 heteroatoms. The van der Waals surface area contributed by atoms with Crippen molar-refractivity contribution in [3.8, 4) is 0 Å². The van der Waals surface area contributed by atoms with E-state index < -0.39 is 32.4 Å². The van der Waals surface area contributed by atoms with Crippen molar-refractivity contribution >= 4 is 21.5 Å². The van der Waals surface area contributed by atoms with E-state index in [2.05, 4.69) is 5.32 Å². The summed E-state index contributed by atoms with van der Waals surface area (Å²) < 4.78 is 47.0. The van der Waals surface area contributed by atoms with E-state index in [1.807, 2.05) is 0 Å². The minimum absolute atomic E-state index is 0.173. The van der Waals surface area contributed by atoms with E-state index in [1.54, 1.807) is 6.92 Å². The summed E-state index contributed by atoms with van der Waals surface area (Å²) in [4.78, 5) is 10.3. The van der Waals surface area contributed by atoms with Gasteiger partial charge < -0.3 is 10.4 Å². The number of hydrogen-bond acceptors (Lipinski definition) is 4. The summed E-state index contributed by atoms with van der Waals surface area (Å²) in [5, 5.41) is 11.7. The third-order valence-corrected chi connectivity index (χ3v) is 4.21. The summed E-state index contributed by atoms with van der Waals surface area (Å²) in [6, 6.07) is 4.77. The topological polar surface area (TPSA) is 83.5 Å². The van der Waals surface area contributed by atoms with Crippen LogP contribution in [0.3, 0.4) is 0 Å². The highest BCUT2D eigenvalue weighted by Gasteiger charge is 2.26. The maximum atomic E-state index is 12.3. The van der Waals surface area contributed by atoms with Crippen LogP contribution in [-0.2, 0) is 14.6 Å². The molecule has 1 unspecified atom stereocenters. The summed E-state index contributed by atoms with van der Waals surface area (Å²) in [5.41, 5.74) is 0.470. The fourth-order valence-corrected chi connectivity index (χ4v) is 2.23. The molecule has 1 atom stereocenters. The Hall–Kier alpha value is -1.70. The van der Waals surface area contributed by atoms with Crippen molar-refractivity contribution in [1.82, 2.24) is 0 Å². The van der Waals surface area contributed by atoms with Crippen LogP contribution in [0.1, 0.15) is 13.3 Å². The minimum Gasteiger partial charge on any atom is -0.481 e. The smallest absolute Gasteiger partial charge is 0.341 e. The number of sulfone groups is 1. The summed E-state index contributed by atoms with van der Waals surface area (Å²) in [6.45, 7) is 1.91. The van der Waals surface area contributed by atoms with Crippen LogP contribution >= 0.6 is 0 Å². The van der Waals surface area contributed by atoms with Crippen LogP contribution in [0.4, 0.5) is 14.5 Å². The Balaban J connectivity index is 2.76. The number of benzene rings is 1. The number of carboxylic acids is 1. The number of carboxylic acid groups (broad SMARTS) is 1. The Bertz CT molecular complexity index is 557. The molecule has 1 rings (SSSR count). The second-order valence-electron chi connectivity index (χ2n) is 4.15. The first-order valence-electron chi connectivity index (χ1n) is 5.87. The summed E-state index contributed by atoms with van der Waals surface area (Å²) in [6.07, 6.45) is 0.445. The first-order chi connectivity index (χ1) is 9.28. The number of halogens is 2. The largest absolute Gasteiger partial charge is 0.481 e. The van der Waals surface area contributed by atoms with E-state index in [1.165, 1.54) is 12.1 Å². The third kappa shape index (κ3) is 3.89. The number of alkyl halides is 2. The van der Waals surface area contributed by atoms with Crippen molar-refractivity contribution in [3.05, 3.63) is 24.3 Å². The number of anilines is 1. The van der Waals surface area contributed by atoms with Crippen LogP contribution in [0.5, 0.6) is 0 Å². The van der Waals surface area contributed by atoms with Gasteiger partial charge in [-0.1, -0.05) is 6.92 Å². The van der Waals surface area contributed by atoms with E-state index in [0.29, 0.717) is 12.1 Å². The van der Waals surface area contributed by atoms with E-state index >= 15 is 0 Å². The molecule has 2 N–H and O–H groups in total. The fraction of sp³-hybridized carbons (Fsp3) is 0.417. The molecule has 20 heavy (non-hydrogen) atoms. The third-order valence-electron chi connectivity index (χ3n) is 2.81. The van der Waals surface area contributed by atoms with Crippen LogP contribution < -0.4 is 5.32 Å². The Morgan fingerprint density at radius 1 is 1.30 bits per heavy atom. The van der Waals surface area contributed by atoms with E-state index in [9.17, 15) is 22.0 Å². The molecular weight excluding hydrogens is 292 g/mol. The lowest BCUT2D eigenvalue weighted by atomic mass is 10.1. The zero-order valence-electron chi connectivity index (χ0n) is 10.7. The van der Waals surface area contributed by atoms with Gasteiger partial charge in [0.1, 0.15) is 0 Å². The molecule has 0 radical (unpaired) electrons. The molecule has 0 aromatic heterocycles. The van der Waals surface area contributed by atoms with Crippen molar-refractivity contribution in [2.24, 2.45) is 5.92 Å². The van der Waals surface area contributed by atoms with Crippen molar-refractivity contribution in [1.29, 1.82) is 0 Å². The van der Waals surface area contributed by atoms with Crippen molar-refractivity contribution in [2.75, 3.05) is 11.9 Å². The second-order valence-corrected chi connectivity index (χ2v) is 6.07. The van der Waals surface area contributed by atoms with E-state index in [0.717, 1.165) is 12.1 Å². The van der Waals surface area contributed by atoms with Gasteiger partial charge in [-0.3, -0.25) is 4.79 Å². The fourth-order valence-electron chi connectivity index (χ4n) is 1.51. The normalized spacial score (nSPS) is 13.2. The molecule has 0 aliphatic rings. The molecule has 1 aromatic rings. The average molecular weight is 307 g/mol. The van der Waals surface area contributed by atoms with Crippen molar-refractivity contribution in [3.63, 3.8) is 0 Å². The zero-order chi connectivity index (χ0) is 15.3. The first-order valence-corrected chi connectivity index (χ1v) is 7.42. The molecule has 0 fully saturated rings. The quantitative estimate of drug-likeness (QED) is 0.807. The van der Waals surface area contributed by atoms with Crippen molar-refractivity contribution < 1.29 is 27.1 Å². The number of rotatable bonds is 7. The predicted molar refractivity (Wildman–Crippen MR) is 69.5 cm³/mol. The number of carbonyl (C=O) groups is 1. The van der Waals surface area contributed by atoms with Crippen LogP contribution in [0, 0.1) is 5.92 Å². The van der Waals surface area contributed by atoms with Gasteiger partial charge in [-0.2, -0.15) is 8.78 Å². The number of nitrogens with one attached hydrogen (secondary N) is 1. The maximum absolute atomic E-state index is 12.3. The van der Waals surface area contributed by atoms with Crippen LogP contribution in [0.25, 0.3) is 0 Å². The molecule has 112 valence electrons. The lowest BCUT2D eigenvalue weighted by molar-refractivity contribution is -0.141. The lowest BCUT2D eigenvalue weighted by Gasteiger charge is -2.12. The predicted octanol–water partition coefficient (Wildman–Crippen LogP) is 2.21. The zero-order valence-corrected chi connectivity index (χ0v) is 11.5. The van der Waals surface area contributed by atoms with Gasteiger partial charge in [-0.05, 0) is 30.7 Å². The molecule has 0 bridgehead atoms. The Kier molecular flexibility index (Phi) is 5.43. The number of aliphatic carboxylic acids is 1. The Morgan fingerprint density at radius 3 is 2.25 bits per heavy atom. The molecule has 1 aromatic carbocycles. The summed E-state index contributed by atoms with van der Waals surface area (Å²) >= 11 is 0. The average Bonchev–Trinajstić information content (AvgIpc) is 2.39. The van der Waals surface area contributed by atoms with Gasteiger partial charge in [0.15, 0.2) is 0 Å². The molecule has 0 aliphatic heterocycles. The van der Waals surface area contributed by atoms with Gasteiger partial charge in [0.2, 0.25) is 9.84 Å². The monoisotopic (exact) mass is 307 g/mol. The van der Waals surface area contributed by atoms with Gasteiger partial charge in [0.05, 0.1) is 10.8 Å². The van der Waals surface area contributed by atoms with Crippen LogP contribution in [0.15, 0.2) is 29.2 Å². The molecule has 0 saturated heterocycles. The van der Waals surface area contributed by atoms with Gasteiger partial charge in [0, 0.05) is 12.2 Å². The van der Waals surface area contributed by atoms with Crippen LogP contribution in [0.2, 0.25) is 0 Å². The van der Waals surface area contributed by atoms with E-state index in [-0.39, 0.29) is 6.54 Å². The first kappa shape index (κ1) is 16.4. The highest BCUT2D eigenvalue weighted by atomic mass is 32.2. The molecule has 0 aliphatic carbocycles.